The van der Waals surface area contributed by atoms with E-state index in [0.717, 1.165) is 19.5 Å². The largest absolute Gasteiger partial charge is 0.315 e. The number of benzene rings is 3. The first-order valence-corrected chi connectivity index (χ1v) is 8.42. The van der Waals surface area contributed by atoms with Crippen molar-refractivity contribution in [2.75, 3.05) is 0 Å². The second-order valence-electron chi connectivity index (χ2n) is 6.13. The Morgan fingerprint density at radius 1 is 0.583 bits per heavy atom. The van der Waals surface area contributed by atoms with Gasteiger partial charge >= 0.3 is 0 Å². The van der Waals surface area contributed by atoms with E-state index in [1.165, 1.54) is 16.7 Å². The minimum Gasteiger partial charge on any atom is -0.315 e. The standard InChI is InChI=1S/C22H24N2/c23-22(16-19-10-4-1-5-11-19)24(17-20-12-6-2-7-13-20)18-21-14-8-3-9-15-21/h1-15,22H,16-18,23H2. The van der Waals surface area contributed by atoms with Crippen molar-refractivity contribution in [2.24, 2.45) is 5.73 Å². The Labute approximate surface area is 144 Å². The summed E-state index contributed by atoms with van der Waals surface area (Å²) in [5.41, 5.74) is 10.4. The van der Waals surface area contributed by atoms with Crippen LogP contribution in [0, 0.1) is 0 Å². The van der Waals surface area contributed by atoms with Crippen LogP contribution in [0.2, 0.25) is 0 Å². The quantitative estimate of drug-likeness (QED) is 0.661. The van der Waals surface area contributed by atoms with Crippen molar-refractivity contribution >= 4 is 0 Å². The molecule has 0 radical (unpaired) electrons. The summed E-state index contributed by atoms with van der Waals surface area (Å²) in [6, 6.07) is 31.5. The van der Waals surface area contributed by atoms with Gasteiger partial charge in [0.25, 0.3) is 0 Å². The fourth-order valence-corrected chi connectivity index (χ4v) is 2.91. The lowest BCUT2D eigenvalue weighted by Gasteiger charge is -2.29. The highest BCUT2D eigenvalue weighted by Gasteiger charge is 2.16. The molecule has 0 bridgehead atoms. The first-order chi connectivity index (χ1) is 11.8. The number of hydrogen-bond acceptors (Lipinski definition) is 2. The average Bonchev–Trinajstić information content (AvgIpc) is 2.64. The molecule has 0 aromatic heterocycles. The lowest BCUT2D eigenvalue weighted by atomic mass is 10.1. The molecule has 1 unspecified atom stereocenters. The zero-order valence-electron chi connectivity index (χ0n) is 13.9. The fraction of sp³-hybridized carbons (Fsp3) is 0.182. The van der Waals surface area contributed by atoms with Gasteiger partial charge in [-0.3, -0.25) is 4.90 Å². The van der Waals surface area contributed by atoms with Gasteiger partial charge in [-0.15, -0.1) is 0 Å². The van der Waals surface area contributed by atoms with Gasteiger partial charge in [0.15, 0.2) is 0 Å². The van der Waals surface area contributed by atoms with Crippen LogP contribution >= 0.6 is 0 Å². The SMILES string of the molecule is NC(Cc1ccccc1)N(Cc1ccccc1)Cc1ccccc1. The van der Waals surface area contributed by atoms with Crippen LogP contribution in [0.4, 0.5) is 0 Å². The minimum absolute atomic E-state index is 0.0205. The maximum Gasteiger partial charge on any atom is 0.0619 e. The van der Waals surface area contributed by atoms with E-state index in [1.54, 1.807) is 0 Å². The molecular formula is C22H24N2. The van der Waals surface area contributed by atoms with E-state index < -0.39 is 0 Å². The normalized spacial score (nSPS) is 12.2. The van der Waals surface area contributed by atoms with Crippen LogP contribution in [0.3, 0.4) is 0 Å². The highest BCUT2D eigenvalue weighted by atomic mass is 15.2. The first kappa shape index (κ1) is 16.4. The van der Waals surface area contributed by atoms with E-state index >= 15 is 0 Å². The molecule has 3 aromatic rings. The Hall–Kier alpha value is -2.42. The third-order valence-electron chi connectivity index (χ3n) is 4.21. The third-order valence-corrected chi connectivity index (χ3v) is 4.21. The van der Waals surface area contributed by atoms with Crippen molar-refractivity contribution in [3.63, 3.8) is 0 Å². The molecule has 0 aliphatic heterocycles. The summed E-state index contributed by atoms with van der Waals surface area (Å²) < 4.78 is 0. The second kappa shape index (κ2) is 8.44. The topological polar surface area (TPSA) is 29.3 Å². The van der Waals surface area contributed by atoms with E-state index in [-0.39, 0.29) is 6.17 Å². The van der Waals surface area contributed by atoms with Crippen LogP contribution in [0.1, 0.15) is 16.7 Å². The minimum atomic E-state index is -0.0205. The highest BCUT2D eigenvalue weighted by Crippen LogP contribution is 2.14. The predicted octanol–water partition coefficient (Wildman–Crippen LogP) is 4.22. The smallest absolute Gasteiger partial charge is 0.0619 e. The number of rotatable bonds is 7. The molecule has 1 atom stereocenters. The average molecular weight is 316 g/mol. The van der Waals surface area contributed by atoms with Crippen LogP contribution in [0.15, 0.2) is 91.0 Å². The maximum absolute atomic E-state index is 6.57. The zero-order valence-corrected chi connectivity index (χ0v) is 13.9. The molecule has 24 heavy (non-hydrogen) atoms. The van der Waals surface area contributed by atoms with E-state index in [0.29, 0.717) is 0 Å². The van der Waals surface area contributed by atoms with Crippen LogP contribution in [-0.4, -0.2) is 11.1 Å². The number of hydrogen-bond donors (Lipinski definition) is 1. The Morgan fingerprint density at radius 2 is 0.958 bits per heavy atom. The summed E-state index contributed by atoms with van der Waals surface area (Å²) >= 11 is 0. The number of nitrogens with two attached hydrogens (primary N) is 1. The Kier molecular flexibility index (Phi) is 5.78. The van der Waals surface area contributed by atoms with Crippen molar-refractivity contribution in [3.8, 4) is 0 Å². The monoisotopic (exact) mass is 316 g/mol. The van der Waals surface area contributed by atoms with Gasteiger partial charge < -0.3 is 5.73 Å². The third kappa shape index (κ3) is 4.79. The first-order valence-electron chi connectivity index (χ1n) is 8.42. The molecule has 3 aromatic carbocycles. The van der Waals surface area contributed by atoms with Crippen molar-refractivity contribution in [1.29, 1.82) is 0 Å². The molecule has 0 spiro atoms. The molecule has 0 saturated carbocycles. The van der Waals surface area contributed by atoms with E-state index in [1.807, 2.05) is 6.07 Å². The second-order valence-corrected chi connectivity index (χ2v) is 6.13. The highest BCUT2D eigenvalue weighted by molar-refractivity contribution is 5.19. The van der Waals surface area contributed by atoms with E-state index in [2.05, 4.69) is 89.8 Å². The molecule has 2 N–H and O–H groups in total. The molecule has 2 nitrogen and oxygen atoms in total. The lowest BCUT2D eigenvalue weighted by molar-refractivity contribution is 0.180. The summed E-state index contributed by atoms with van der Waals surface area (Å²) in [5.74, 6) is 0. The van der Waals surface area contributed by atoms with Gasteiger partial charge in [0.2, 0.25) is 0 Å². The Bertz CT molecular complexity index is 669. The van der Waals surface area contributed by atoms with E-state index in [9.17, 15) is 0 Å². The van der Waals surface area contributed by atoms with Gasteiger partial charge in [-0.05, 0) is 16.7 Å². The lowest BCUT2D eigenvalue weighted by Crippen LogP contribution is -2.42. The summed E-state index contributed by atoms with van der Waals surface area (Å²) in [5, 5.41) is 0. The van der Waals surface area contributed by atoms with Crippen LogP contribution < -0.4 is 5.73 Å². The molecule has 0 heterocycles. The molecule has 3 rings (SSSR count). The fourth-order valence-electron chi connectivity index (χ4n) is 2.91. The van der Waals surface area contributed by atoms with Crippen molar-refractivity contribution in [3.05, 3.63) is 108 Å². The van der Waals surface area contributed by atoms with Crippen LogP contribution in [-0.2, 0) is 19.5 Å². The maximum atomic E-state index is 6.57. The molecule has 0 saturated heterocycles. The van der Waals surface area contributed by atoms with Crippen LogP contribution in [0.25, 0.3) is 0 Å². The Morgan fingerprint density at radius 3 is 1.38 bits per heavy atom. The van der Waals surface area contributed by atoms with Crippen molar-refractivity contribution in [2.45, 2.75) is 25.7 Å². The molecule has 0 aliphatic rings. The summed E-state index contributed by atoms with van der Waals surface area (Å²) in [7, 11) is 0. The molecule has 0 amide bonds. The summed E-state index contributed by atoms with van der Waals surface area (Å²) in [6.07, 6.45) is 0.827. The molecule has 2 heteroatoms. The molecule has 0 aliphatic carbocycles. The summed E-state index contributed by atoms with van der Waals surface area (Å²) in [4.78, 5) is 2.34. The predicted molar refractivity (Wildman–Crippen MR) is 100 cm³/mol. The number of nitrogens with zero attached hydrogens (tertiary/aromatic N) is 1. The molecule has 0 fully saturated rings. The summed E-state index contributed by atoms with van der Waals surface area (Å²) in [6.45, 7) is 1.70. The Balaban J connectivity index is 1.75. The van der Waals surface area contributed by atoms with Gasteiger partial charge in [0, 0.05) is 19.5 Å². The van der Waals surface area contributed by atoms with Gasteiger partial charge in [0.05, 0.1) is 6.17 Å². The molecule has 122 valence electrons. The van der Waals surface area contributed by atoms with Crippen molar-refractivity contribution in [1.82, 2.24) is 4.90 Å². The van der Waals surface area contributed by atoms with Gasteiger partial charge in [-0.25, -0.2) is 0 Å². The molecular weight excluding hydrogens is 292 g/mol. The van der Waals surface area contributed by atoms with Gasteiger partial charge in [-0.1, -0.05) is 91.0 Å². The van der Waals surface area contributed by atoms with Crippen LogP contribution in [0.5, 0.6) is 0 Å². The van der Waals surface area contributed by atoms with E-state index in [4.69, 9.17) is 5.73 Å². The van der Waals surface area contributed by atoms with Gasteiger partial charge in [-0.2, -0.15) is 0 Å². The van der Waals surface area contributed by atoms with Crippen molar-refractivity contribution < 1.29 is 0 Å². The zero-order chi connectivity index (χ0) is 16.6. The van der Waals surface area contributed by atoms with Gasteiger partial charge in [0.1, 0.15) is 0 Å².